The van der Waals surface area contributed by atoms with Gasteiger partial charge < -0.3 is 5.73 Å². The number of halogens is 1. The number of nitrogens with zero attached hydrogens (tertiary/aromatic N) is 2. The lowest BCUT2D eigenvalue weighted by Crippen LogP contribution is -2.05. The second-order valence-corrected chi connectivity index (χ2v) is 4.54. The first-order chi connectivity index (χ1) is 8.11. The SMILES string of the molecule is Cc1nn(Cc2cccc(CN)c2)c(C)c1Cl. The van der Waals surface area contributed by atoms with E-state index in [1.54, 1.807) is 0 Å². The van der Waals surface area contributed by atoms with Gasteiger partial charge in [-0.1, -0.05) is 35.9 Å². The van der Waals surface area contributed by atoms with E-state index in [1.165, 1.54) is 5.56 Å². The molecule has 1 heterocycles. The van der Waals surface area contributed by atoms with Crippen LogP contribution in [0.5, 0.6) is 0 Å². The van der Waals surface area contributed by atoms with Crippen LogP contribution in [0.25, 0.3) is 0 Å². The third kappa shape index (κ3) is 2.51. The van der Waals surface area contributed by atoms with Crippen molar-refractivity contribution in [3.8, 4) is 0 Å². The van der Waals surface area contributed by atoms with Gasteiger partial charge in [0.25, 0.3) is 0 Å². The molecule has 0 aliphatic heterocycles. The molecule has 0 bridgehead atoms. The van der Waals surface area contributed by atoms with E-state index in [9.17, 15) is 0 Å². The fourth-order valence-electron chi connectivity index (χ4n) is 1.86. The predicted molar refractivity (Wildman–Crippen MR) is 70.1 cm³/mol. The summed E-state index contributed by atoms with van der Waals surface area (Å²) in [6, 6.07) is 8.22. The molecule has 0 aliphatic rings. The Morgan fingerprint density at radius 1 is 1.29 bits per heavy atom. The molecule has 0 saturated heterocycles. The van der Waals surface area contributed by atoms with Crippen molar-refractivity contribution in [1.82, 2.24) is 9.78 Å². The van der Waals surface area contributed by atoms with Crippen molar-refractivity contribution in [2.45, 2.75) is 26.9 Å². The molecule has 0 atom stereocenters. The van der Waals surface area contributed by atoms with Gasteiger partial charge in [0.2, 0.25) is 0 Å². The molecule has 0 radical (unpaired) electrons. The van der Waals surface area contributed by atoms with Gasteiger partial charge in [-0.05, 0) is 25.0 Å². The molecule has 2 rings (SSSR count). The van der Waals surface area contributed by atoms with Crippen molar-refractivity contribution in [1.29, 1.82) is 0 Å². The second-order valence-electron chi connectivity index (χ2n) is 4.17. The van der Waals surface area contributed by atoms with Crippen LogP contribution in [0.2, 0.25) is 5.02 Å². The van der Waals surface area contributed by atoms with E-state index in [0.29, 0.717) is 6.54 Å². The topological polar surface area (TPSA) is 43.8 Å². The summed E-state index contributed by atoms with van der Waals surface area (Å²) in [6.45, 7) is 5.19. The molecule has 0 saturated carbocycles. The summed E-state index contributed by atoms with van der Waals surface area (Å²) in [5.74, 6) is 0. The molecule has 0 aliphatic carbocycles. The maximum Gasteiger partial charge on any atom is 0.0844 e. The quantitative estimate of drug-likeness (QED) is 0.909. The molecular weight excluding hydrogens is 234 g/mol. The third-order valence-electron chi connectivity index (χ3n) is 2.85. The van der Waals surface area contributed by atoms with Crippen LogP contribution < -0.4 is 5.73 Å². The molecule has 3 nitrogen and oxygen atoms in total. The first-order valence-electron chi connectivity index (χ1n) is 5.59. The van der Waals surface area contributed by atoms with Crippen molar-refractivity contribution in [2.24, 2.45) is 5.73 Å². The van der Waals surface area contributed by atoms with Crippen LogP contribution in [0.4, 0.5) is 0 Å². The highest BCUT2D eigenvalue weighted by atomic mass is 35.5. The number of benzene rings is 1. The highest BCUT2D eigenvalue weighted by Crippen LogP contribution is 2.20. The molecule has 0 spiro atoms. The van der Waals surface area contributed by atoms with Gasteiger partial charge in [-0.25, -0.2) is 0 Å². The molecule has 0 amide bonds. The zero-order valence-corrected chi connectivity index (χ0v) is 10.8. The standard InChI is InChI=1S/C13H16ClN3/c1-9-13(14)10(2)17(16-9)8-12-5-3-4-11(6-12)7-15/h3-6H,7-8,15H2,1-2H3. The van der Waals surface area contributed by atoms with Crippen LogP contribution in [0.3, 0.4) is 0 Å². The Morgan fingerprint density at radius 2 is 2.00 bits per heavy atom. The fraction of sp³-hybridized carbons (Fsp3) is 0.308. The number of hydrogen-bond donors (Lipinski definition) is 1. The van der Waals surface area contributed by atoms with Gasteiger partial charge in [-0.15, -0.1) is 0 Å². The normalized spacial score (nSPS) is 10.8. The Bertz CT molecular complexity index is 531. The molecule has 90 valence electrons. The van der Waals surface area contributed by atoms with Crippen molar-refractivity contribution < 1.29 is 0 Å². The van der Waals surface area contributed by atoms with Gasteiger partial charge in [0.05, 0.1) is 23.0 Å². The smallest absolute Gasteiger partial charge is 0.0844 e. The van der Waals surface area contributed by atoms with E-state index in [1.807, 2.05) is 30.7 Å². The molecule has 4 heteroatoms. The van der Waals surface area contributed by atoms with E-state index in [-0.39, 0.29) is 0 Å². The lowest BCUT2D eigenvalue weighted by Gasteiger charge is -2.06. The van der Waals surface area contributed by atoms with E-state index in [4.69, 9.17) is 17.3 Å². The number of aryl methyl sites for hydroxylation is 1. The van der Waals surface area contributed by atoms with E-state index < -0.39 is 0 Å². The monoisotopic (exact) mass is 249 g/mol. The molecule has 17 heavy (non-hydrogen) atoms. The summed E-state index contributed by atoms with van der Waals surface area (Å²) < 4.78 is 1.92. The van der Waals surface area contributed by atoms with Gasteiger partial charge in [0.15, 0.2) is 0 Å². The maximum absolute atomic E-state index is 6.12. The summed E-state index contributed by atoms with van der Waals surface area (Å²) in [7, 11) is 0. The summed E-state index contributed by atoms with van der Waals surface area (Å²) in [5.41, 5.74) is 9.83. The maximum atomic E-state index is 6.12. The zero-order chi connectivity index (χ0) is 12.4. The number of rotatable bonds is 3. The minimum atomic E-state index is 0.561. The predicted octanol–water partition coefficient (Wildman–Crippen LogP) is 2.66. The molecule has 2 aromatic rings. The lowest BCUT2D eigenvalue weighted by molar-refractivity contribution is 0.658. The van der Waals surface area contributed by atoms with E-state index in [2.05, 4.69) is 17.2 Å². The van der Waals surface area contributed by atoms with Gasteiger partial charge in [-0.2, -0.15) is 5.10 Å². The van der Waals surface area contributed by atoms with Crippen molar-refractivity contribution in [2.75, 3.05) is 0 Å². The first-order valence-corrected chi connectivity index (χ1v) is 5.97. The first kappa shape index (κ1) is 12.1. The summed E-state index contributed by atoms with van der Waals surface area (Å²) in [4.78, 5) is 0. The molecule has 0 fully saturated rings. The van der Waals surface area contributed by atoms with Crippen LogP contribution >= 0.6 is 11.6 Å². The fourth-order valence-corrected chi connectivity index (χ4v) is 1.99. The Morgan fingerprint density at radius 3 is 2.59 bits per heavy atom. The molecule has 2 N–H and O–H groups in total. The van der Waals surface area contributed by atoms with Crippen molar-refractivity contribution in [3.05, 3.63) is 51.8 Å². The van der Waals surface area contributed by atoms with Crippen LogP contribution in [0.1, 0.15) is 22.5 Å². The molecular formula is C13H16ClN3. The summed E-state index contributed by atoms with van der Waals surface area (Å²) >= 11 is 6.12. The van der Waals surface area contributed by atoms with Gasteiger partial charge in [-0.3, -0.25) is 4.68 Å². The Balaban J connectivity index is 2.28. The molecule has 0 unspecified atom stereocenters. The Kier molecular flexibility index (Phi) is 3.50. The Labute approximate surface area is 106 Å². The van der Waals surface area contributed by atoms with E-state index in [0.717, 1.165) is 28.5 Å². The molecule has 1 aromatic carbocycles. The zero-order valence-electron chi connectivity index (χ0n) is 10.1. The van der Waals surface area contributed by atoms with Crippen LogP contribution in [-0.4, -0.2) is 9.78 Å². The van der Waals surface area contributed by atoms with Crippen LogP contribution in [-0.2, 0) is 13.1 Å². The summed E-state index contributed by atoms with van der Waals surface area (Å²) in [6.07, 6.45) is 0. The van der Waals surface area contributed by atoms with Gasteiger partial charge >= 0.3 is 0 Å². The summed E-state index contributed by atoms with van der Waals surface area (Å²) in [5, 5.41) is 5.16. The van der Waals surface area contributed by atoms with Crippen molar-refractivity contribution in [3.63, 3.8) is 0 Å². The Hall–Kier alpha value is -1.32. The van der Waals surface area contributed by atoms with Gasteiger partial charge in [0.1, 0.15) is 0 Å². The average Bonchev–Trinajstić information content (AvgIpc) is 2.57. The van der Waals surface area contributed by atoms with Gasteiger partial charge in [0, 0.05) is 6.54 Å². The lowest BCUT2D eigenvalue weighted by atomic mass is 10.1. The van der Waals surface area contributed by atoms with Crippen molar-refractivity contribution >= 4 is 11.6 Å². The molecule has 1 aromatic heterocycles. The number of hydrogen-bond acceptors (Lipinski definition) is 2. The van der Waals surface area contributed by atoms with E-state index >= 15 is 0 Å². The average molecular weight is 250 g/mol. The largest absolute Gasteiger partial charge is 0.326 e. The third-order valence-corrected chi connectivity index (χ3v) is 3.40. The second kappa shape index (κ2) is 4.90. The number of aromatic nitrogens is 2. The van der Waals surface area contributed by atoms with Crippen LogP contribution in [0, 0.1) is 13.8 Å². The minimum absolute atomic E-state index is 0.561. The highest BCUT2D eigenvalue weighted by Gasteiger charge is 2.09. The number of nitrogens with two attached hydrogens (primary N) is 1. The highest BCUT2D eigenvalue weighted by molar-refractivity contribution is 6.31. The van der Waals surface area contributed by atoms with Crippen LogP contribution in [0.15, 0.2) is 24.3 Å². The minimum Gasteiger partial charge on any atom is -0.326 e.